The molecule has 0 spiro atoms. The largest absolute Gasteiger partial charge is 0.497 e. The van der Waals surface area contributed by atoms with Crippen LogP contribution < -0.4 is 15.4 Å². The molecule has 32 heavy (non-hydrogen) atoms. The fourth-order valence-electron chi connectivity index (χ4n) is 3.04. The predicted octanol–water partition coefficient (Wildman–Crippen LogP) is 2.58. The number of ether oxygens (including phenoxy) is 1. The Labute approximate surface area is 187 Å². The molecule has 0 bridgehead atoms. The number of nitrogens with one attached hydrogen (secondary N) is 2. The predicted molar refractivity (Wildman–Crippen MR) is 118 cm³/mol. The van der Waals surface area contributed by atoms with Crippen molar-refractivity contribution in [1.29, 1.82) is 0 Å². The zero-order valence-corrected chi connectivity index (χ0v) is 18.0. The molecule has 2 N–H and O–H groups in total. The lowest BCUT2D eigenvalue weighted by Crippen LogP contribution is -2.40. The molecular weight excluding hydrogens is 433 g/mol. The minimum atomic E-state index is -0.705. The Hall–Kier alpha value is -3.79. The maximum atomic E-state index is 13.5. The zero-order chi connectivity index (χ0) is 22.5. The number of amides is 2. The van der Waals surface area contributed by atoms with Crippen molar-refractivity contribution in [3.63, 3.8) is 0 Å². The molecule has 0 aliphatic carbocycles. The summed E-state index contributed by atoms with van der Waals surface area (Å²) in [5.74, 6) is -0.612. The van der Waals surface area contributed by atoms with Gasteiger partial charge in [0.15, 0.2) is 5.82 Å². The van der Waals surface area contributed by atoms with Gasteiger partial charge in [-0.1, -0.05) is 24.3 Å². The van der Waals surface area contributed by atoms with Crippen LogP contribution in [0.4, 0.5) is 4.39 Å². The quantitative estimate of drug-likeness (QED) is 0.419. The average molecular weight is 453 g/mol. The molecule has 0 aliphatic heterocycles. The Bertz CT molecular complexity index is 1250. The van der Waals surface area contributed by atoms with Crippen molar-refractivity contribution >= 4 is 28.1 Å². The van der Waals surface area contributed by atoms with Gasteiger partial charge in [0, 0.05) is 30.5 Å². The molecule has 0 fully saturated rings. The lowest BCUT2D eigenvalue weighted by Gasteiger charge is -2.07. The van der Waals surface area contributed by atoms with Gasteiger partial charge in [0.05, 0.1) is 12.8 Å². The maximum absolute atomic E-state index is 13.5. The molecule has 2 amide bonds. The molecule has 0 atom stereocenters. The van der Waals surface area contributed by atoms with E-state index in [1.54, 1.807) is 35.9 Å². The Morgan fingerprint density at radius 2 is 1.91 bits per heavy atom. The van der Waals surface area contributed by atoms with E-state index in [1.165, 1.54) is 23.5 Å². The van der Waals surface area contributed by atoms with Crippen molar-refractivity contribution in [2.45, 2.75) is 13.0 Å². The smallest absolute Gasteiger partial charge is 0.309 e. The van der Waals surface area contributed by atoms with Gasteiger partial charge in [0.25, 0.3) is 0 Å². The summed E-state index contributed by atoms with van der Waals surface area (Å²) in [6.45, 7) is 0.499. The van der Waals surface area contributed by atoms with E-state index in [4.69, 9.17) is 4.74 Å². The number of nitrogens with zero attached hydrogens (tertiary/aromatic N) is 3. The van der Waals surface area contributed by atoms with Gasteiger partial charge in [-0.15, -0.1) is 16.4 Å². The summed E-state index contributed by atoms with van der Waals surface area (Å²) in [6, 6.07) is 13.3. The minimum Gasteiger partial charge on any atom is -0.497 e. The number of thiazole rings is 1. The summed E-state index contributed by atoms with van der Waals surface area (Å²) < 4.78 is 20.2. The SMILES string of the molecule is COc1ccc(CNC(=O)C(=O)NCCc2csc3nc(-c4cccc(F)c4)nn23)cc1. The van der Waals surface area contributed by atoms with E-state index in [2.05, 4.69) is 20.7 Å². The van der Waals surface area contributed by atoms with Gasteiger partial charge in [0.1, 0.15) is 11.6 Å². The number of hydrogen-bond donors (Lipinski definition) is 2. The molecule has 2 aromatic heterocycles. The van der Waals surface area contributed by atoms with Crippen LogP contribution in [-0.4, -0.2) is 40.1 Å². The Morgan fingerprint density at radius 3 is 2.66 bits per heavy atom. The summed E-state index contributed by atoms with van der Waals surface area (Å²) in [5, 5.41) is 11.5. The average Bonchev–Trinajstić information content (AvgIpc) is 3.39. The second-order valence-electron chi connectivity index (χ2n) is 6.90. The van der Waals surface area contributed by atoms with Crippen molar-refractivity contribution < 1.29 is 18.7 Å². The lowest BCUT2D eigenvalue weighted by atomic mass is 10.2. The lowest BCUT2D eigenvalue weighted by molar-refractivity contribution is -0.139. The first-order chi connectivity index (χ1) is 15.5. The third-order valence-electron chi connectivity index (χ3n) is 4.72. The monoisotopic (exact) mass is 453 g/mol. The van der Waals surface area contributed by atoms with Gasteiger partial charge >= 0.3 is 11.8 Å². The van der Waals surface area contributed by atoms with E-state index >= 15 is 0 Å². The van der Waals surface area contributed by atoms with E-state index < -0.39 is 11.8 Å². The van der Waals surface area contributed by atoms with E-state index in [0.717, 1.165) is 17.0 Å². The third kappa shape index (κ3) is 4.92. The highest BCUT2D eigenvalue weighted by molar-refractivity contribution is 7.15. The van der Waals surface area contributed by atoms with Crippen molar-refractivity contribution in [2.75, 3.05) is 13.7 Å². The van der Waals surface area contributed by atoms with Crippen molar-refractivity contribution in [3.8, 4) is 17.1 Å². The second-order valence-corrected chi connectivity index (χ2v) is 7.74. The molecule has 0 aliphatic rings. The molecule has 164 valence electrons. The van der Waals surface area contributed by atoms with E-state index in [9.17, 15) is 14.0 Å². The summed E-state index contributed by atoms with van der Waals surface area (Å²) in [6.07, 6.45) is 0.462. The topological polar surface area (TPSA) is 97.6 Å². The molecule has 0 unspecified atom stereocenters. The van der Waals surface area contributed by atoms with Crippen LogP contribution >= 0.6 is 11.3 Å². The minimum absolute atomic E-state index is 0.239. The molecule has 0 radical (unpaired) electrons. The fourth-order valence-corrected chi connectivity index (χ4v) is 3.89. The van der Waals surface area contributed by atoms with Crippen molar-refractivity contribution in [3.05, 3.63) is 71.0 Å². The molecule has 2 heterocycles. The van der Waals surface area contributed by atoms with E-state index in [-0.39, 0.29) is 18.9 Å². The number of halogens is 1. The van der Waals surface area contributed by atoms with Crippen LogP contribution in [0.5, 0.6) is 5.75 Å². The molecular formula is C22H20FN5O3S. The summed E-state index contributed by atoms with van der Waals surface area (Å²) in [5.41, 5.74) is 2.28. The molecule has 2 aromatic carbocycles. The Morgan fingerprint density at radius 1 is 1.12 bits per heavy atom. The highest BCUT2D eigenvalue weighted by Crippen LogP contribution is 2.21. The highest BCUT2D eigenvalue weighted by Gasteiger charge is 2.15. The normalized spacial score (nSPS) is 10.8. The van der Waals surface area contributed by atoms with E-state index in [0.29, 0.717) is 22.8 Å². The number of methoxy groups -OCH3 is 1. The van der Waals surface area contributed by atoms with Gasteiger partial charge in [-0.3, -0.25) is 9.59 Å². The van der Waals surface area contributed by atoms with Crippen LogP contribution in [-0.2, 0) is 22.6 Å². The number of benzene rings is 2. The van der Waals surface area contributed by atoms with Gasteiger partial charge in [-0.05, 0) is 29.8 Å². The number of aromatic nitrogens is 3. The van der Waals surface area contributed by atoms with Gasteiger partial charge in [-0.2, -0.15) is 4.98 Å². The first-order valence-electron chi connectivity index (χ1n) is 9.81. The van der Waals surface area contributed by atoms with Crippen LogP contribution in [0.1, 0.15) is 11.3 Å². The standard InChI is InChI=1S/C22H20FN5O3S/c1-31-18-7-5-14(6-8-18)12-25-21(30)20(29)24-10-9-17-13-32-22-26-19(27-28(17)22)15-3-2-4-16(23)11-15/h2-8,11,13H,9-10,12H2,1H3,(H,24,29)(H,25,30). The zero-order valence-electron chi connectivity index (χ0n) is 17.2. The van der Waals surface area contributed by atoms with Gasteiger partial charge in [0.2, 0.25) is 4.96 Å². The van der Waals surface area contributed by atoms with Crippen LogP contribution in [0.15, 0.2) is 53.9 Å². The Kier molecular flexibility index (Phi) is 6.41. The van der Waals surface area contributed by atoms with Gasteiger partial charge in [-0.25, -0.2) is 8.91 Å². The molecule has 0 saturated carbocycles. The first-order valence-corrected chi connectivity index (χ1v) is 10.7. The summed E-state index contributed by atoms with van der Waals surface area (Å²) in [7, 11) is 1.58. The van der Waals surface area contributed by atoms with Crippen molar-refractivity contribution in [2.24, 2.45) is 0 Å². The van der Waals surface area contributed by atoms with Crippen LogP contribution in [0, 0.1) is 5.82 Å². The van der Waals surface area contributed by atoms with Crippen LogP contribution in [0.2, 0.25) is 0 Å². The summed E-state index contributed by atoms with van der Waals surface area (Å²) >= 11 is 1.40. The molecule has 4 rings (SSSR count). The number of rotatable bonds is 7. The molecule has 10 heteroatoms. The number of carbonyl (C=O) groups excluding carboxylic acids is 2. The number of hydrogen-bond acceptors (Lipinski definition) is 6. The molecule has 0 saturated heterocycles. The summed E-state index contributed by atoms with van der Waals surface area (Å²) in [4.78, 5) is 29.2. The maximum Gasteiger partial charge on any atom is 0.309 e. The van der Waals surface area contributed by atoms with Crippen molar-refractivity contribution in [1.82, 2.24) is 25.2 Å². The first kappa shape index (κ1) is 21.4. The fraction of sp³-hybridized carbons (Fsp3) is 0.182. The van der Waals surface area contributed by atoms with Crippen LogP contribution in [0.3, 0.4) is 0 Å². The van der Waals surface area contributed by atoms with Crippen LogP contribution in [0.25, 0.3) is 16.3 Å². The van der Waals surface area contributed by atoms with Gasteiger partial charge < -0.3 is 15.4 Å². The third-order valence-corrected chi connectivity index (χ3v) is 5.58. The Balaban J connectivity index is 1.29. The number of fused-ring (bicyclic) bond motifs is 1. The highest BCUT2D eigenvalue weighted by atomic mass is 32.1. The molecule has 4 aromatic rings. The second kappa shape index (κ2) is 9.56. The number of carbonyl (C=O) groups is 2. The molecule has 8 nitrogen and oxygen atoms in total. The van der Waals surface area contributed by atoms with E-state index in [1.807, 2.05) is 17.5 Å².